The van der Waals surface area contributed by atoms with Crippen molar-refractivity contribution in [3.8, 4) is 23.1 Å². The number of aryl methyl sites for hydroxylation is 1. The second-order valence-corrected chi connectivity index (χ2v) is 8.59. The summed E-state index contributed by atoms with van der Waals surface area (Å²) >= 11 is 6.67. The first-order chi connectivity index (χ1) is 16.4. The highest BCUT2D eigenvalue weighted by Gasteiger charge is 2.29. The predicted octanol–water partition coefficient (Wildman–Crippen LogP) is 4.86. The van der Waals surface area contributed by atoms with Crippen LogP contribution in [0.5, 0.6) is 0 Å². The second kappa shape index (κ2) is 8.54. The molecule has 0 saturated carbocycles. The summed E-state index contributed by atoms with van der Waals surface area (Å²) in [5, 5.41) is 13.9. The number of carbonyl (C=O) groups is 1. The monoisotopic (exact) mass is 480 g/mol. The van der Waals surface area contributed by atoms with Crippen LogP contribution in [-0.2, 0) is 7.05 Å². The Morgan fingerprint density at radius 1 is 1.12 bits per heavy atom. The zero-order valence-corrected chi connectivity index (χ0v) is 19.0. The van der Waals surface area contributed by atoms with Crippen molar-refractivity contribution >= 4 is 28.4 Å². The molecule has 4 aromatic rings. The molecule has 1 amide bonds. The number of hydrogen-bond donors (Lipinski definition) is 0. The number of aromatic nitrogens is 4. The number of likely N-dealkylation sites (tertiary alicyclic amines) is 1. The van der Waals surface area contributed by atoms with Gasteiger partial charge >= 0.3 is 0 Å². The number of carbonyl (C=O) groups excluding carboxylic acids is 1. The highest BCUT2D eigenvalue weighted by Crippen LogP contribution is 2.34. The zero-order chi connectivity index (χ0) is 24.0. The van der Waals surface area contributed by atoms with Gasteiger partial charge < -0.3 is 4.90 Å². The number of imidazole rings is 1. The maximum Gasteiger partial charge on any atom is 0.275 e. The molecular formula is C24H19ClF2N6O. The summed E-state index contributed by atoms with van der Waals surface area (Å²) in [7, 11) is 1.72. The average Bonchev–Trinajstić information content (AvgIpc) is 3.36. The molecule has 0 bridgehead atoms. The van der Waals surface area contributed by atoms with Gasteiger partial charge in [-0.05, 0) is 43.5 Å². The molecule has 1 fully saturated rings. The molecule has 0 spiro atoms. The third kappa shape index (κ3) is 3.70. The molecule has 1 saturated heterocycles. The maximum absolute atomic E-state index is 15.3. The van der Waals surface area contributed by atoms with E-state index in [1.807, 2.05) is 0 Å². The van der Waals surface area contributed by atoms with E-state index in [0.29, 0.717) is 24.0 Å². The second-order valence-electron chi connectivity index (χ2n) is 8.23. The van der Waals surface area contributed by atoms with E-state index in [-0.39, 0.29) is 39.4 Å². The van der Waals surface area contributed by atoms with Crippen LogP contribution in [0.25, 0.3) is 28.0 Å². The summed E-state index contributed by atoms with van der Waals surface area (Å²) in [4.78, 5) is 19.4. The highest BCUT2D eigenvalue weighted by molar-refractivity contribution is 6.33. The summed E-state index contributed by atoms with van der Waals surface area (Å²) in [6.07, 6.45) is 4.52. The summed E-state index contributed by atoms with van der Waals surface area (Å²) in [5.41, 5.74) is 0.586. The van der Waals surface area contributed by atoms with Crippen LogP contribution in [-0.4, -0.2) is 43.2 Å². The van der Waals surface area contributed by atoms with Crippen LogP contribution in [0.4, 0.5) is 8.78 Å². The number of halogens is 3. The number of fused-ring (bicyclic) bond motifs is 1. The fraction of sp³-hybridized carbons (Fsp3) is 0.250. The Labute approximate surface area is 198 Å². The van der Waals surface area contributed by atoms with Crippen molar-refractivity contribution in [3.05, 3.63) is 64.6 Å². The third-order valence-corrected chi connectivity index (χ3v) is 6.29. The number of nitrogens with zero attached hydrogens (tertiary/aromatic N) is 6. The van der Waals surface area contributed by atoms with E-state index in [0.717, 1.165) is 25.3 Å². The van der Waals surface area contributed by atoms with Crippen LogP contribution in [0.3, 0.4) is 0 Å². The van der Waals surface area contributed by atoms with Crippen molar-refractivity contribution in [2.45, 2.75) is 19.3 Å². The number of piperidine rings is 1. The van der Waals surface area contributed by atoms with Crippen molar-refractivity contribution in [1.82, 2.24) is 24.2 Å². The van der Waals surface area contributed by atoms with Gasteiger partial charge in [0.05, 0.1) is 16.8 Å². The van der Waals surface area contributed by atoms with Crippen molar-refractivity contribution in [1.29, 1.82) is 5.26 Å². The molecule has 0 atom stereocenters. The number of hydrogen-bond acceptors (Lipinski definition) is 4. The molecule has 2 aromatic heterocycles. The molecule has 1 aliphatic rings. The Bertz CT molecular complexity index is 1480. The standard InChI is InChI=1S/C24H19ClF2N6O/c1-31-13-16-10-20(18(27)11-19(16)30-31)33-22(25)21(24(34)32-7-3-2-4-8-32)29-23(33)14-5-6-15(12-28)17(26)9-14/h5-6,9-11,13H,2-4,7-8H2,1H3. The highest BCUT2D eigenvalue weighted by atomic mass is 35.5. The molecule has 7 nitrogen and oxygen atoms in total. The molecule has 34 heavy (non-hydrogen) atoms. The van der Waals surface area contributed by atoms with Gasteiger partial charge in [-0.25, -0.2) is 13.8 Å². The summed E-state index contributed by atoms with van der Waals surface area (Å²) in [5.74, 6) is -1.65. The van der Waals surface area contributed by atoms with Gasteiger partial charge in [0.25, 0.3) is 5.91 Å². The van der Waals surface area contributed by atoms with Gasteiger partial charge in [0.1, 0.15) is 28.7 Å². The number of benzene rings is 2. The molecule has 172 valence electrons. The van der Waals surface area contributed by atoms with Gasteiger partial charge in [-0.1, -0.05) is 11.6 Å². The Kier molecular flexibility index (Phi) is 5.54. The topological polar surface area (TPSA) is 79.7 Å². The van der Waals surface area contributed by atoms with Crippen molar-refractivity contribution in [3.63, 3.8) is 0 Å². The molecule has 5 rings (SSSR count). The lowest BCUT2D eigenvalue weighted by Crippen LogP contribution is -2.36. The Hall–Kier alpha value is -3.77. The molecule has 10 heteroatoms. The lowest BCUT2D eigenvalue weighted by Gasteiger charge is -2.26. The largest absolute Gasteiger partial charge is 0.337 e. The summed E-state index contributed by atoms with van der Waals surface area (Å²) in [6, 6.07) is 8.54. The van der Waals surface area contributed by atoms with Gasteiger partial charge in [0.15, 0.2) is 5.69 Å². The van der Waals surface area contributed by atoms with Gasteiger partial charge in [-0.3, -0.25) is 14.0 Å². The molecule has 3 heterocycles. The first kappa shape index (κ1) is 22.0. The van der Waals surface area contributed by atoms with E-state index >= 15 is 4.39 Å². The maximum atomic E-state index is 15.3. The molecule has 2 aromatic carbocycles. The normalized spacial score (nSPS) is 13.9. The van der Waals surface area contributed by atoms with Gasteiger partial charge in [0, 0.05) is 43.4 Å². The fourth-order valence-electron chi connectivity index (χ4n) is 4.27. The van der Waals surface area contributed by atoms with E-state index in [9.17, 15) is 9.18 Å². The predicted molar refractivity (Wildman–Crippen MR) is 123 cm³/mol. The van der Waals surface area contributed by atoms with Crippen LogP contribution in [0, 0.1) is 23.0 Å². The quantitative estimate of drug-likeness (QED) is 0.419. The van der Waals surface area contributed by atoms with Gasteiger partial charge in [-0.15, -0.1) is 0 Å². The number of nitriles is 1. The van der Waals surface area contributed by atoms with Gasteiger partial charge in [-0.2, -0.15) is 10.4 Å². The van der Waals surface area contributed by atoms with E-state index in [4.69, 9.17) is 16.9 Å². The van der Waals surface area contributed by atoms with E-state index in [1.165, 1.54) is 22.8 Å². The van der Waals surface area contributed by atoms with Crippen molar-refractivity contribution in [2.75, 3.05) is 13.1 Å². The van der Waals surface area contributed by atoms with Crippen LogP contribution in [0.1, 0.15) is 35.3 Å². The smallest absolute Gasteiger partial charge is 0.275 e. The molecule has 0 N–H and O–H groups in total. The van der Waals surface area contributed by atoms with E-state index < -0.39 is 11.6 Å². The summed E-state index contributed by atoms with van der Waals surface area (Å²) < 4.78 is 32.6. The molecule has 0 aliphatic carbocycles. The molecule has 1 aliphatic heterocycles. The first-order valence-electron chi connectivity index (χ1n) is 10.8. The van der Waals surface area contributed by atoms with Crippen LogP contribution in [0.2, 0.25) is 5.15 Å². The summed E-state index contributed by atoms with van der Waals surface area (Å²) in [6.45, 7) is 1.16. The van der Waals surface area contributed by atoms with Crippen LogP contribution in [0.15, 0.2) is 36.5 Å². The third-order valence-electron chi connectivity index (χ3n) is 5.94. The van der Waals surface area contributed by atoms with Crippen LogP contribution >= 0.6 is 11.6 Å². The first-order valence-corrected chi connectivity index (χ1v) is 11.2. The van der Waals surface area contributed by atoms with E-state index in [2.05, 4.69) is 10.1 Å². The minimum Gasteiger partial charge on any atom is -0.337 e. The number of rotatable bonds is 3. The lowest BCUT2D eigenvalue weighted by molar-refractivity contribution is 0.0719. The minimum atomic E-state index is -0.752. The lowest BCUT2D eigenvalue weighted by atomic mass is 10.1. The van der Waals surface area contributed by atoms with E-state index in [1.54, 1.807) is 35.0 Å². The molecule has 0 radical (unpaired) electrons. The zero-order valence-electron chi connectivity index (χ0n) is 18.2. The Morgan fingerprint density at radius 2 is 1.88 bits per heavy atom. The molecular weight excluding hydrogens is 462 g/mol. The van der Waals surface area contributed by atoms with Gasteiger partial charge in [0.2, 0.25) is 0 Å². The Balaban J connectivity index is 1.73. The minimum absolute atomic E-state index is 0.0333. The SMILES string of the molecule is Cn1cc2cc(-n3c(-c4ccc(C#N)c(F)c4)nc(C(=O)N4CCCCC4)c3Cl)c(F)cc2n1. The fourth-order valence-corrected chi connectivity index (χ4v) is 4.57. The van der Waals surface area contributed by atoms with Crippen LogP contribution < -0.4 is 0 Å². The average molecular weight is 481 g/mol. The molecule has 0 unspecified atom stereocenters. The number of amides is 1. The Morgan fingerprint density at radius 3 is 2.59 bits per heavy atom. The van der Waals surface area contributed by atoms with Crippen molar-refractivity contribution in [2.24, 2.45) is 7.05 Å². The van der Waals surface area contributed by atoms with Crippen molar-refractivity contribution < 1.29 is 13.6 Å².